The van der Waals surface area contributed by atoms with Crippen LogP contribution in [0.5, 0.6) is 0 Å². The zero-order valence-corrected chi connectivity index (χ0v) is 13.9. The summed E-state index contributed by atoms with van der Waals surface area (Å²) in [6.45, 7) is -0.635. The molecule has 1 N–H and O–H groups in total. The number of non-ortho nitro benzene ring substituents is 1. The van der Waals surface area contributed by atoms with Crippen LogP contribution in [-0.2, 0) is 14.3 Å². The Morgan fingerprint density at radius 2 is 2.04 bits per heavy atom. The molecular weight excluding hydrogens is 367 g/mol. The molecule has 0 aliphatic carbocycles. The molecule has 0 aliphatic heterocycles. The Labute approximate surface area is 152 Å². The number of nitro benzene ring substituents is 1. The molecule has 0 heterocycles. The normalized spacial score (nSPS) is 10.5. The number of nitrogens with zero attached hydrogens (tertiary/aromatic N) is 1. The van der Waals surface area contributed by atoms with E-state index < -0.39 is 29.2 Å². The van der Waals surface area contributed by atoms with Crippen LogP contribution in [0, 0.1) is 15.9 Å². The third-order valence-corrected chi connectivity index (χ3v) is 3.28. The first kappa shape index (κ1) is 19.1. The second-order valence-corrected chi connectivity index (χ2v) is 5.40. The highest BCUT2D eigenvalue weighted by Gasteiger charge is 2.10. The molecule has 0 radical (unpaired) electrons. The van der Waals surface area contributed by atoms with E-state index in [4.69, 9.17) is 16.3 Å². The van der Waals surface area contributed by atoms with E-state index in [1.807, 2.05) is 0 Å². The zero-order valence-electron chi connectivity index (χ0n) is 13.1. The van der Waals surface area contributed by atoms with Crippen LogP contribution in [0.1, 0.15) is 5.56 Å². The van der Waals surface area contributed by atoms with Crippen LogP contribution < -0.4 is 5.32 Å². The molecule has 0 aliphatic rings. The van der Waals surface area contributed by atoms with Crippen LogP contribution in [-0.4, -0.2) is 23.4 Å². The summed E-state index contributed by atoms with van der Waals surface area (Å²) in [5, 5.41) is 13.1. The minimum Gasteiger partial charge on any atom is -0.452 e. The fraction of sp³-hybridized carbons (Fsp3) is 0.0588. The fourth-order valence-corrected chi connectivity index (χ4v) is 2.04. The van der Waals surface area contributed by atoms with Crippen LogP contribution in [0.2, 0.25) is 5.02 Å². The first-order valence-corrected chi connectivity index (χ1v) is 7.57. The molecule has 1 amide bonds. The summed E-state index contributed by atoms with van der Waals surface area (Å²) < 4.78 is 18.2. The SMILES string of the molecule is O=C(COC(=O)/C=C/c1cccc([N+](=O)[O-])c1)Nc1cc(Cl)ccc1F. The molecule has 0 unspecified atom stereocenters. The number of rotatable bonds is 6. The van der Waals surface area contributed by atoms with Crippen molar-refractivity contribution in [2.45, 2.75) is 0 Å². The summed E-state index contributed by atoms with van der Waals surface area (Å²) >= 11 is 5.70. The van der Waals surface area contributed by atoms with Crippen molar-refractivity contribution in [2.24, 2.45) is 0 Å². The van der Waals surface area contributed by atoms with Gasteiger partial charge in [-0.15, -0.1) is 0 Å². The maximum absolute atomic E-state index is 13.5. The molecule has 0 saturated heterocycles. The van der Waals surface area contributed by atoms with Gasteiger partial charge in [0.15, 0.2) is 6.61 Å². The van der Waals surface area contributed by atoms with E-state index in [1.165, 1.54) is 36.4 Å². The highest BCUT2D eigenvalue weighted by molar-refractivity contribution is 6.30. The topological polar surface area (TPSA) is 98.5 Å². The van der Waals surface area contributed by atoms with Gasteiger partial charge in [-0.25, -0.2) is 9.18 Å². The predicted molar refractivity (Wildman–Crippen MR) is 93.1 cm³/mol. The number of hydrogen-bond acceptors (Lipinski definition) is 5. The Morgan fingerprint density at radius 3 is 2.77 bits per heavy atom. The van der Waals surface area contributed by atoms with E-state index in [9.17, 15) is 24.1 Å². The summed E-state index contributed by atoms with van der Waals surface area (Å²) in [6.07, 6.45) is 2.33. The van der Waals surface area contributed by atoms with Crippen molar-refractivity contribution in [3.63, 3.8) is 0 Å². The zero-order chi connectivity index (χ0) is 19.1. The Morgan fingerprint density at radius 1 is 1.27 bits per heavy atom. The molecule has 0 spiro atoms. The number of carbonyl (C=O) groups excluding carboxylic acids is 2. The number of benzene rings is 2. The first-order chi connectivity index (χ1) is 12.3. The second-order valence-electron chi connectivity index (χ2n) is 4.97. The lowest BCUT2D eigenvalue weighted by Crippen LogP contribution is -2.20. The van der Waals surface area contributed by atoms with E-state index in [-0.39, 0.29) is 16.4 Å². The molecular formula is C17H12ClFN2O5. The van der Waals surface area contributed by atoms with E-state index in [1.54, 1.807) is 6.07 Å². The number of esters is 1. The molecule has 7 nitrogen and oxygen atoms in total. The first-order valence-electron chi connectivity index (χ1n) is 7.19. The highest BCUT2D eigenvalue weighted by atomic mass is 35.5. The number of hydrogen-bond donors (Lipinski definition) is 1. The lowest BCUT2D eigenvalue weighted by Gasteiger charge is -2.06. The molecule has 134 valence electrons. The third-order valence-electron chi connectivity index (χ3n) is 3.04. The van der Waals surface area contributed by atoms with Gasteiger partial charge in [0.05, 0.1) is 10.6 Å². The van der Waals surface area contributed by atoms with Gasteiger partial charge in [0, 0.05) is 23.2 Å². The van der Waals surface area contributed by atoms with Crippen LogP contribution >= 0.6 is 11.6 Å². The molecule has 0 fully saturated rings. The van der Waals surface area contributed by atoms with Crippen molar-refractivity contribution in [3.05, 3.63) is 75.1 Å². The maximum Gasteiger partial charge on any atom is 0.331 e. The lowest BCUT2D eigenvalue weighted by atomic mass is 10.2. The molecule has 0 aromatic heterocycles. The number of amides is 1. The van der Waals surface area contributed by atoms with E-state index >= 15 is 0 Å². The number of nitrogens with one attached hydrogen (secondary N) is 1. The second kappa shape index (κ2) is 8.72. The number of carbonyl (C=O) groups is 2. The molecule has 9 heteroatoms. The Hall–Kier alpha value is -3.26. The predicted octanol–water partition coefficient (Wildman–Crippen LogP) is 3.58. The number of halogens is 2. The van der Waals surface area contributed by atoms with Gasteiger partial charge >= 0.3 is 5.97 Å². The number of ether oxygens (including phenoxy) is 1. The molecule has 0 bridgehead atoms. The molecule has 26 heavy (non-hydrogen) atoms. The van der Waals surface area contributed by atoms with Gasteiger partial charge in [-0.05, 0) is 29.8 Å². The van der Waals surface area contributed by atoms with Gasteiger partial charge in [-0.3, -0.25) is 14.9 Å². The molecule has 0 saturated carbocycles. The smallest absolute Gasteiger partial charge is 0.331 e. The standard InChI is InChI=1S/C17H12ClFN2O5/c18-12-5-6-14(19)15(9-12)20-16(22)10-26-17(23)7-4-11-2-1-3-13(8-11)21(24)25/h1-9H,10H2,(H,20,22)/b7-4+. The fourth-order valence-electron chi connectivity index (χ4n) is 1.87. The molecule has 2 aromatic carbocycles. The Kier molecular flexibility index (Phi) is 6.40. The van der Waals surface area contributed by atoms with Crippen molar-refractivity contribution in [1.82, 2.24) is 0 Å². The van der Waals surface area contributed by atoms with E-state index in [0.717, 1.165) is 12.1 Å². The van der Waals surface area contributed by atoms with Gasteiger partial charge in [0.25, 0.3) is 11.6 Å². The van der Waals surface area contributed by atoms with Crippen LogP contribution in [0.15, 0.2) is 48.5 Å². The van der Waals surface area contributed by atoms with E-state index in [2.05, 4.69) is 5.32 Å². The quantitative estimate of drug-likeness (QED) is 0.358. The number of anilines is 1. The van der Waals surface area contributed by atoms with Crippen molar-refractivity contribution in [1.29, 1.82) is 0 Å². The van der Waals surface area contributed by atoms with Gasteiger partial charge in [0.1, 0.15) is 5.82 Å². The Balaban J connectivity index is 1.88. The summed E-state index contributed by atoms with van der Waals surface area (Å²) in [5.41, 5.74) is 0.163. The van der Waals surface area contributed by atoms with Gasteiger partial charge in [-0.1, -0.05) is 23.7 Å². The summed E-state index contributed by atoms with van der Waals surface area (Å²) in [4.78, 5) is 33.4. The van der Waals surface area contributed by atoms with Crippen molar-refractivity contribution in [3.8, 4) is 0 Å². The van der Waals surface area contributed by atoms with Crippen LogP contribution in [0.4, 0.5) is 15.8 Å². The van der Waals surface area contributed by atoms with Crippen molar-refractivity contribution < 1.29 is 23.6 Å². The molecule has 0 atom stereocenters. The Bertz CT molecular complexity index is 885. The van der Waals surface area contributed by atoms with Crippen molar-refractivity contribution >= 4 is 40.9 Å². The summed E-state index contributed by atoms with van der Waals surface area (Å²) in [7, 11) is 0. The monoisotopic (exact) mass is 378 g/mol. The minimum absolute atomic E-state index is 0.122. The summed E-state index contributed by atoms with van der Waals surface area (Å²) in [6, 6.07) is 9.25. The average Bonchev–Trinajstić information content (AvgIpc) is 2.61. The van der Waals surface area contributed by atoms with Crippen LogP contribution in [0.25, 0.3) is 6.08 Å². The number of nitro groups is 1. The molecule has 2 rings (SSSR count). The van der Waals surface area contributed by atoms with Gasteiger partial charge in [0.2, 0.25) is 0 Å². The minimum atomic E-state index is -0.835. The largest absolute Gasteiger partial charge is 0.452 e. The van der Waals surface area contributed by atoms with Gasteiger partial charge < -0.3 is 10.1 Å². The van der Waals surface area contributed by atoms with Crippen molar-refractivity contribution in [2.75, 3.05) is 11.9 Å². The highest BCUT2D eigenvalue weighted by Crippen LogP contribution is 2.19. The average molecular weight is 379 g/mol. The van der Waals surface area contributed by atoms with E-state index in [0.29, 0.717) is 5.56 Å². The molecule has 2 aromatic rings. The third kappa shape index (κ3) is 5.67. The lowest BCUT2D eigenvalue weighted by molar-refractivity contribution is -0.384. The van der Waals surface area contributed by atoms with Crippen LogP contribution in [0.3, 0.4) is 0 Å². The maximum atomic E-state index is 13.5. The van der Waals surface area contributed by atoms with Gasteiger partial charge in [-0.2, -0.15) is 0 Å². The summed E-state index contributed by atoms with van der Waals surface area (Å²) in [5.74, 6) is -2.26.